The van der Waals surface area contributed by atoms with Crippen LogP contribution in [0.2, 0.25) is 0 Å². The number of esters is 4. The topological polar surface area (TPSA) is 237 Å². The Morgan fingerprint density at radius 2 is 0.585 bits per heavy atom. The fourth-order valence-electron chi connectivity index (χ4n) is 9.19. The van der Waals surface area contributed by atoms with E-state index in [1.165, 1.54) is 96.3 Å². The third-order valence-corrected chi connectivity index (χ3v) is 16.9. The van der Waals surface area contributed by atoms with Crippen molar-refractivity contribution in [2.24, 2.45) is 23.7 Å². The van der Waals surface area contributed by atoms with Gasteiger partial charge < -0.3 is 33.8 Å². The summed E-state index contributed by atoms with van der Waals surface area (Å²) < 4.78 is 67.9. The smallest absolute Gasteiger partial charge is 0.462 e. The molecule has 0 aromatic rings. The van der Waals surface area contributed by atoms with Crippen molar-refractivity contribution in [3.8, 4) is 0 Å². The number of carbonyl (C=O) groups excluding carboxylic acids is 4. The molecule has 0 aromatic heterocycles. The first-order chi connectivity index (χ1) is 39.2. The number of phosphoric acid groups is 2. The lowest BCUT2D eigenvalue weighted by atomic mass is 9.99. The van der Waals surface area contributed by atoms with Crippen molar-refractivity contribution in [3.05, 3.63) is 0 Å². The fraction of sp³-hybridized carbons (Fsp3) is 0.937. The van der Waals surface area contributed by atoms with Crippen molar-refractivity contribution in [2.75, 3.05) is 39.6 Å². The molecule has 0 spiro atoms. The lowest BCUT2D eigenvalue weighted by molar-refractivity contribution is -0.161. The van der Waals surface area contributed by atoms with Gasteiger partial charge in [-0.25, -0.2) is 9.13 Å². The highest BCUT2D eigenvalue weighted by Gasteiger charge is 2.30. The van der Waals surface area contributed by atoms with E-state index in [0.717, 1.165) is 114 Å². The van der Waals surface area contributed by atoms with Crippen LogP contribution in [0, 0.1) is 23.7 Å². The Labute approximate surface area is 498 Å². The van der Waals surface area contributed by atoms with E-state index < -0.39 is 97.5 Å². The number of carbonyl (C=O) groups is 4. The molecule has 3 N–H and O–H groups in total. The molecule has 82 heavy (non-hydrogen) atoms. The van der Waals surface area contributed by atoms with Crippen LogP contribution >= 0.6 is 15.6 Å². The van der Waals surface area contributed by atoms with Gasteiger partial charge in [0.2, 0.25) is 0 Å². The molecule has 0 bridgehead atoms. The first-order valence-electron chi connectivity index (χ1n) is 32.8. The van der Waals surface area contributed by atoms with Crippen LogP contribution in [0.15, 0.2) is 0 Å². The Bertz CT molecular complexity index is 1650. The van der Waals surface area contributed by atoms with E-state index in [-0.39, 0.29) is 25.7 Å². The summed E-state index contributed by atoms with van der Waals surface area (Å²) in [5, 5.41) is 10.5. The van der Waals surface area contributed by atoms with Crippen LogP contribution in [0.25, 0.3) is 0 Å². The van der Waals surface area contributed by atoms with E-state index in [1.54, 1.807) is 0 Å². The van der Waals surface area contributed by atoms with Gasteiger partial charge in [-0.15, -0.1) is 0 Å². The largest absolute Gasteiger partial charge is 0.472 e. The normalized spacial score (nSPS) is 15.1. The summed E-state index contributed by atoms with van der Waals surface area (Å²) in [5.41, 5.74) is 0. The molecular formula is C63H122O17P2. The average Bonchev–Trinajstić information content (AvgIpc) is 3.45. The van der Waals surface area contributed by atoms with Gasteiger partial charge >= 0.3 is 39.5 Å². The minimum atomic E-state index is -4.94. The minimum Gasteiger partial charge on any atom is -0.462 e. The quantitative estimate of drug-likeness (QED) is 0.0222. The molecule has 0 aromatic carbocycles. The SMILES string of the molecule is CCC(C)CCCCCCCCCCC(=O)O[C@H](COC(=O)CCCCCCCCC(C)C)COP(=O)(O)OC[C@H](O)COP(=O)(O)OC[C@@H](COC(=O)CCCCCCCCCCC(C)C)OC(=O)CCCCCCCCC(C)CC. The fourth-order valence-corrected chi connectivity index (χ4v) is 10.8. The summed E-state index contributed by atoms with van der Waals surface area (Å²) >= 11 is 0. The maximum absolute atomic E-state index is 13.0. The van der Waals surface area contributed by atoms with Crippen LogP contribution in [-0.4, -0.2) is 96.7 Å². The summed E-state index contributed by atoms with van der Waals surface area (Å²) in [6.45, 7) is 13.9. The molecule has 0 rings (SSSR count). The van der Waals surface area contributed by atoms with Crippen LogP contribution < -0.4 is 0 Å². The molecule has 0 aliphatic heterocycles. The van der Waals surface area contributed by atoms with Crippen LogP contribution in [0.4, 0.5) is 0 Å². The van der Waals surface area contributed by atoms with Gasteiger partial charge in [0.1, 0.15) is 19.3 Å². The first-order valence-corrected chi connectivity index (χ1v) is 35.8. The summed E-state index contributed by atoms with van der Waals surface area (Å²) in [5.74, 6) is 0.750. The number of unbranched alkanes of at least 4 members (excludes halogenated alkanes) is 24. The van der Waals surface area contributed by atoms with Crippen molar-refractivity contribution in [1.29, 1.82) is 0 Å². The van der Waals surface area contributed by atoms with Gasteiger partial charge in [-0.1, -0.05) is 248 Å². The molecule has 486 valence electrons. The monoisotopic (exact) mass is 1210 g/mol. The molecule has 0 radical (unpaired) electrons. The van der Waals surface area contributed by atoms with Gasteiger partial charge in [0.25, 0.3) is 0 Å². The van der Waals surface area contributed by atoms with Crippen molar-refractivity contribution in [1.82, 2.24) is 0 Å². The van der Waals surface area contributed by atoms with Crippen LogP contribution in [0.3, 0.4) is 0 Å². The summed E-state index contributed by atoms with van der Waals surface area (Å²) in [4.78, 5) is 72.1. The molecule has 0 heterocycles. The number of phosphoric ester groups is 2. The van der Waals surface area contributed by atoms with E-state index in [9.17, 15) is 43.2 Å². The number of hydrogen-bond acceptors (Lipinski definition) is 15. The molecule has 0 amide bonds. The molecule has 17 nitrogen and oxygen atoms in total. The van der Waals surface area contributed by atoms with E-state index in [2.05, 4.69) is 55.4 Å². The molecule has 19 heteroatoms. The molecule has 0 saturated carbocycles. The number of rotatable bonds is 60. The Morgan fingerprint density at radius 1 is 0.341 bits per heavy atom. The van der Waals surface area contributed by atoms with E-state index >= 15 is 0 Å². The van der Waals surface area contributed by atoms with Gasteiger partial charge in [0, 0.05) is 25.7 Å². The lowest BCUT2D eigenvalue weighted by Gasteiger charge is -2.21. The second kappa shape index (κ2) is 53.3. The summed E-state index contributed by atoms with van der Waals surface area (Å²) in [6, 6.07) is 0. The standard InChI is InChI=1S/C63H122O17P2/c1-9-55(7)41-33-25-16-12-14-18-29-37-45-62(67)79-58(50-74-61(66)44-36-28-21-19-24-32-40-54(5)6)51-77-81(69,70)75-47-57(64)48-76-82(71,72)78-52-59(80-63(68)46-38-30-22-20-26-34-42-56(8)10-2)49-73-60(65)43-35-27-17-13-11-15-23-31-39-53(3)4/h53-59,64H,9-52H2,1-8H3,(H,69,70)(H,71,72)/t55?,56?,57-,58+,59+/m0/s1. The van der Waals surface area contributed by atoms with Gasteiger partial charge in [0.15, 0.2) is 12.2 Å². The maximum Gasteiger partial charge on any atom is 0.472 e. The molecule has 0 aliphatic carbocycles. The Balaban J connectivity index is 5.26. The average molecular weight is 1210 g/mol. The van der Waals surface area contributed by atoms with E-state index in [1.807, 2.05) is 0 Å². The van der Waals surface area contributed by atoms with Gasteiger partial charge in [0.05, 0.1) is 26.4 Å². The third kappa shape index (κ3) is 54.7. The van der Waals surface area contributed by atoms with Gasteiger partial charge in [-0.05, 0) is 49.4 Å². The molecule has 7 atom stereocenters. The molecule has 0 fully saturated rings. The highest BCUT2D eigenvalue weighted by atomic mass is 31.2. The predicted molar refractivity (Wildman–Crippen MR) is 326 cm³/mol. The van der Waals surface area contributed by atoms with Crippen molar-refractivity contribution < 1.29 is 80.2 Å². The van der Waals surface area contributed by atoms with Crippen molar-refractivity contribution >= 4 is 39.5 Å². The zero-order valence-corrected chi connectivity index (χ0v) is 54.9. The van der Waals surface area contributed by atoms with Crippen LogP contribution in [0.1, 0.15) is 299 Å². The molecular weight excluding hydrogens is 1090 g/mol. The van der Waals surface area contributed by atoms with Gasteiger partial charge in [-0.3, -0.25) is 37.3 Å². The molecule has 0 saturated heterocycles. The first kappa shape index (κ1) is 80.1. The summed E-state index contributed by atoms with van der Waals surface area (Å²) in [6.07, 6.45) is 32.3. The zero-order chi connectivity index (χ0) is 61.1. The Morgan fingerprint density at radius 3 is 0.866 bits per heavy atom. The number of aliphatic hydroxyl groups is 1. The van der Waals surface area contributed by atoms with Crippen LogP contribution in [0.5, 0.6) is 0 Å². The Hall–Kier alpha value is -1.94. The lowest BCUT2D eigenvalue weighted by Crippen LogP contribution is -2.30. The van der Waals surface area contributed by atoms with Crippen molar-refractivity contribution in [3.63, 3.8) is 0 Å². The maximum atomic E-state index is 13.0. The number of aliphatic hydroxyl groups excluding tert-OH is 1. The predicted octanol–water partition coefficient (Wildman–Crippen LogP) is 17.0. The minimum absolute atomic E-state index is 0.102. The van der Waals surface area contributed by atoms with Crippen LogP contribution in [-0.2, 0) is 65.4 Å². The third-order valence-electron chi connectivity index (χ3n) is 15.0. The zero-order valence-electron chi connectivity index (χ0n) is 53.1. The number of ether oxygens (including phenoxy) is 4. The second-order valence-corrected chi connectivity index (χ2v) is 27.1. The van der Waals surface area contributed by atoms with Gasteiger partial charge in [-0.2, -0.15) is 0 Å². The second-order valence-electron chi connectivity index (χ2n) is 24.2. The van der Waals surface area contributed by atoms with E-state index in [4.69, 9.17) is 37.0 Å². The Kier molecular flexibility index (Phi) is 52.0. The van der Waals surface area contributed by atoms with E-state index in [0.29, 0.717) is 31.6 Å². The molecule has 0 aliphatic rings. The number of hydrogen-bond donors (Lipinski definition) is 3. The highest BCUT2D eigenvalue weighted by Crippen LogP contribution is 2.45. The van der Waals surface area contributed by atoms with Crippen molar-refractivity contribution in [2.45, 2.75) is 318 Å². The highest BCUT2D eigenvalue weighted by molar-refractivity contribution is 7.47. The summed E-state index contributed by atoms with van der Waals surface area (Å²) in [7, 11) is -9.89. The molecule has 4 unspecified atom stereocenters.